The second kappa shape index (κ2) is 10.1. The van der Waals surface area contributed by atoms with Crippen LogP contribution in [0.3, 0.4) is 0 Å². The molecule has 5 aromatic rings. The summed E-state index contributed by atoms with van der Waals surface area (Å²) in [5.41, 5.74) is 8.39. The molecule has 0 bridgehead atoms. The Hall–Kier alpha value is -5.49. The third-order valence-corrected chi connectivity index (χ3v) is 6.38. The number of aromatic hydroxyl groups is 1. The first-order valence-corrected chi connectivity index (χ1v) is 11.8. The number of hydrogen-bond donors (Lipinski definition) is 2. The Bertz CT molecular complexity index is 1800. The fourth-order valence-corrected chi connectivity index (χ4v) is 4.60. The van der Waals surface area contributed by atoms with Crippen LogP contribution in [0.1, 0.15) is 5.56 Å². The van der Waals surface area contributed by atoms with Crippen LogP contribution in [0.5, 0.6) is 23.0 Å². The normalized spacial score (nSPS) is 10.7. The number of rotatable bonds is 6. The monoisotopic (exact) mass is 521 g/mol. The highest BCUT2D eigenvalue weighted by atomic mass is 16.5. The van der Waals surface area contributed by atoms with E-state index in [-0.39, 0.29) is 34.0 Å². The molecule has 0 aliphatic carbocycles. The van der Waals surface area contributed by atoms with Gasteiger partial charge in [-0.3, -0.25) is 0 Å². The van der Waals surface area contributed by atoms with Crippen LogP contribution in [0.4, 0.5) is 5.82 Å². The van der Waals surface area contributed by atoms with E-state index in [1.165, 1.54) is 33.5 Å². The smallest absolute Gasteiger partial charge is 0.336 e. The van der Waals surface area contributed by atoms with Crippen molar-refractivity contribution >= 4 is 16.8 Å². The van der Waals surface area contributed by atoms with Gasteiger partial charge in [0.1, 0.15) is 40.4 Å². The molecule has 2 heterocycles. The predicted octanol–water partition coefficient (Wildman–Crippen LogP) is 5.37. The first-order chi connectivity index (χ1) is 18.9. The maximum Gasteiger partial charge on any atom is 0.336 e. The van der Waals surface area contributed by atoms with Crippen molar-refractivity contribution in [2.45, 2.75) is 0 Å². The number of fused-ring (bicyclic) bond motifs is 1. The van der Waals surface area contributed by atoms with Crippen LogP contribution in [-0.2, 0) is 0 Å². The minimum atomic E-state index is -0.603. The van der Waals surface area contributed by atoms with Crippen LogP contribution in [0.15, 0.2) is 75.9 Å². The summed E-state index contributed by atoms with van der Waals surface area (Å²) in [7, 11) is 4.47. The number of nitrogens with zero attached hydrogens (tertiary/aromatic N) is 2. The van der Waals surface area contributed by atoms with E-state index in [9.17, 15) is 15.2 Å². The van der Waals surface area contributed by atoms with E-state index >= 15 is 0 Å². The number of pyridine rings is 1. The number of nitrogen functional groups attached to an aromatic ring is 1. The first kappa shape index (κ1) is 25.2. The first-order valence-electron chi connectivity index (χ1n) is 11.8. The summed E-state index contributed by atoms with van der Waals surface area (Å²) >= 11 is 0. The Morgan fingerprint density at radius 2 is 1.59 bits per heavy atom. The summed E-state index contributed by atoms with van der Waals surface area (Å²) < 4.78 is 22.2. The van der Waals surface area contributed by atoms with Gasteiger partial charge in [-0.1, -0.05) is 30.3 Å². The van der Waals surface area contributed by atoms with E-state index < -0.39 is 5.63 Å². The zero-order valence-corrected chi connectivity index (χ0v) is 21.3. The van der Waals surface area contributed by atoms with Crippen molar-refractivity contribution in [1.82, 2.24) is 4.98 Å². The topological polar surface area (TPSA) is 141 Å². The van der Waals surface area contributed by atoms with Gasteiger partial charge in [0.2, 0.25) is 0 Å². The summed E-state index contributed by atoms with van der Waals surface area (Å²) in [5.74, 6) is 0.920. The average molecular weight is 522 g/mol. The molecule has 0 atom stereocenters. The third-order valence-electron chi connectivity index (χ3n) is 6.38. The third kappa shape index (κ3) is 4.34. The lowest BCUT2D eigenvalue weighted by molar-refractivity contribution is 0.377. The van der Waals surface area contributed by atoms with Gasteiger partial charge in [-0.2, -0.15) is 5.26 Å². The Kier molecular flexibility index (Phi) is 6.52. The molecule has 0 saturated carbocycles. The van der Waals surface area contributed by atoms with E-state index in [0.29, 0.717) is 39.3 Å². The van der Waals surface area contributed by atoms with Crippen LogP contribution in [-0.4, -0.2) is 31.4 Å². The average Bonchev–Trinajstić information content (AvgIpc) is 2.95. The van der Waals surface area contributed by atoms with Crippen molar-refractivity contribution in [2.75, 3.05) is 27.1 Å². The van der Waals surface area contributed by atoms with Crippen molar-refractivity contribution in [2.24, 2.45) is 0 Å². The van der Waals surface area contributed by atoms with Crippen molar-refractivity contribution in [3.05, 3.63) is 82.7 Å². The van der Waals surface area contributed by atoms with Gasteiger partial charge >= 0.3 is 5.63 Å². The van der Waals surface area contributed by atoms with E-state index in [1.54, 1.807) is 24.3 Å². The van der Waals surface area contributed by atoms with Gasteiger partial charge in [0.15, 0.2) is 5.58 Å². The quantitative estimate of drug-likeness (QED) is 0.282. The molecule has 0 aliphatic heterocycles. The fraction of sp³-hybridized carbons (Fsp3) is 0.100. The lowest BCUT2D eigenvalue weighted by atomic mass is 9.94. The van der Waals surface area contributed by atoms with Crippen LogP contribution in [0.25, 0.3) is 44.5 Å². The molecular formula is C30H23N3O6. The SMILES string of the molecule is COc1cc(OC)c(-c2cc(-c3c(O)ccc4c(-c5ccccc5)cc(=O)oc34)nc(N)c2C#N)c(OC)c1. The highest BCUT2D eigenvalue weighted by molar-refractivity contribution is 6.03. The van der Waals surface area contributed by atoms with Crippen molar-refractivity contribution in [3.63, 3.8) is 0 Å². The van der Waals surface area contributed by atoms with Gasteiger partial charge < -0.3 is 29.5 Å². The van der Waals surface area contributed by atoms with Crippen LogP contribution < -0.4 is 25.6 Å². The Morgan fingerprint density at radius 1 is 0.897 bits per heavy atom. The van der Waals surface area contributed by atoms with Crippen LogP contribution >= 0.6 is 0 Å². The molecule has 39 heavy (non-hydrogen) atoms. The Morgan fingerprint density at radius 3 is 2.21 bits per heavy atom. The molecule has 5 rings (SSSR count). The molecule has 0 radical (unpaired) electrons. The van der Waals surface area contributed by atoms with Gasteiger partial charge in [0.05, 0.1) is 38.2 Å². The molecule has 3 N–H and O–H groups in total. The van der Waals surface area contributed by atoms with Gasteiger partial charge in [-0.15, -0.1) is 0 Å². The van der Waals surface area contributed by atoms with Gasteiger partial charge in [-0.25, -0.2) is 9.78 Å². The number of phenols is 1. The van der Waals surface area contributed by atoms with E-state index in [4.69, 9.17) is 24.4 Å². The van der Waals surface area contributed by atoms with Gasteiger partial charge in [0, 0.05) is 29.1 Å². The molecule has 0 spiro atoms. The van der Waals surface area contributed by atoms with Crippen LogP contribution in [0, 0.1) is 11.3 Å². The highest BCUT2D eigenvalue weighted by Gasteiger charge is 2.24. The number of aromatic nitrogens is 1. The van der Waals surface area contributed by atoms with Crippen LogP contribution in [0.2, 0.25) is 0 Å². The number of methoxy groups -OCH3 is 3. The minimum Gasteiger partial charge on any atom is -0.507 e. The molecule has 3 aromatic carbocycles. The van der Waals surface area contributed by atoms with Crippen molar-refractivity contribution in [3.8, 4) is 62.6 Å². The number of ether oxygens (including phenoxy) is 3. The lowest BCUT2D eigenvalue weighted by Crippen LogP contribution is -2.03. The van der Waals surface area contributed by atoms with Gasteiger partial charge in [-0.05, 0) is 29.3 Å². The zero-order chi connectivity index (χ0) is 27.7. The largest absolute Gasteiger partial charge is 0.507 e. The van der Waals surface area contributed by atoms with Crippen molar-refractivity contribution < 1.29 is 23.7 Å². The number of nitrogens with two attached hydrogens (primary N) is 1. The van der Waals surface area contributed by atoms with E-state index in [1.807, 2.05) is 30.3 Å². The molecule has 0 aliphatic rings. The Labute approximate surface area is 223 Å². The molecule has 0 unspecified atom stereocenters. The maximum atomic E-state index is 12.7. The predicted molar refractivity (Wildman–Crippen MR) is 147 cm³/mol. The fourth-order valence-electron chi connectivity index (χ4n) is 4.60. The maximum absolute atomic E-state index is 12.7. The molecule has 0 amide bonds. The Balaban J connectivity index is 1.86. The number of anilines is 1. The second-order valence-electron chi connectivity index (χ2n) is 8.52. The molecular weight excluding hydrogens is 498 g/mol. The number of hydrogen-bond acceptors (Lipinski definition) is 9. The molecule has 2 aromatic heterocycles. The van der Waals surface area contributed by atoms with Crippen molar-refractivity contribution in [1.29, 1.82) is 5.26 Å². The summed E-state index contributed by atoms with van der Waals surface area (Å²) in [6.45, 7) is 0. The molecule has 9 heteroatoms. The van der Waals surface area contributed by atoms with Gasteiger partial charge in [0.25, 0.3) is 0 Å². The standard InChI is InChI=1S/C30H23N3O6/c1-36-17-11-24(37-2)27(25(12-17)38-3)20-13-22(33-30(32)21(20)15-31)28-23(34)10-9-18-19(14-26(35)39-29(18)28)16-7-5-4-6-8-16/h4-14,34H,1-3H3,(H2,32,33). The minimum absolute atomic E-state index is 0.0756. The number of benzene rings is 3. The van der Waals surface area contributed by atoms with E-state index in [0.717, 1.165) is 5.56 Å². The number of nitriles is 1. The molecule has 0 fully saturated rings. The second-order valence-corrected chi connectivity index (χ2v) is 8.52. The lowest BCUT2D eigenvalue weighted by Gasteiger charge is -2.18. The summed E-state index contributed by atoms with van der Waals surface area (Å²) in [6.07, 6.45) is 0. The molecule has 9 nitrogen and oxygen atoms in total. The molecule has 194 valence electrons. The summed E-state index contributed by atoms with van der Waals surface area (Å²) in [6, 6.07) is 20.9. The summed E-state index contributed by atoms with van der Waals surface area (Å²) in [5, 5.41) is 21.6. The highest BCUT2D eigenvalue weighted by Crippen LogP contribution is 2.46. The van der Waals surface area contributed by atoms with E-state index in [2.05, 4.69) is 11.1 Å². The zero-order valence-electron chi connectivity index (χ0n) is 21.3. The summed E-state index contributed by atoms with van der Waals surface area (Å²) in [4.78, 5) is 17.1. The molecule has 0 saturated heterocycles. The number of phenolic OH excluding ortho intramolecular Hbond substituents is 1.